The van der Waals surface area contributed by atoms with Crippen molar-refractivity contribution >= 4 is 25.6 Å². The molecule has 1 rings (SSSR count). The summed E-state index contributed by atoms with van der Waals surface area (Å²) in [5, 5.41) is 10.8. The maximum atomic E-state index is 11.4. The van der Waals surface area contributed by atoms with Gasteiger partial charge in [0, 0.05) is 17.2 Å². The first-order valence-electron chi connectivity index (χ1n) is 5.66. The molecule has 20 heavy (non-hydrogen) atoms. The van der Waals surface area contributed by atoms with Crippen LogP contribution in [0.4, 0.5) is 0 Å². The summed E-state index contributed by atoms with van der Waals surface area (Å²) >= 11 is 0. The summed E-state index contributed by atoms with van der Waals surface area (Å²) in [6, 6.07) is 6.01. The van der Waals surface area contributed by atoms with E-state index < -0.39 is 9.05 Å². The molecule has 0 spiro atoms. The van der Waals surface area contributed by atoms with Gasteiger partial charge in [0.05, 0.1) is 17.4 Å². The summed E-state index contributed by atoms with van der Waals surface area (Å²) in [6.45, 7) is 1.70. The largest absolute Gasteiger partial charge is 0.484 e. The van der Waals surface area contributed by atoms with Gasteiger partial charge in [-0.1, -0.05) is 0 Å². The number of nitrogens with zero attached hydrogens (tertiary/aromatic N) is 1. The van der Waals surface area contributed by atoms with Crippen LogP contribution in [-0.2, 0) is 13.8 Å². The fourth-order valence-corrected chi connectivity index (χ4v) is 2.22. The molecule has 0 bridgehead atoms. The first kappa shape index (κ1) is 16.3. The van der Waals surface area contributed by atoms with Gasteiger partial charge in [-0.3, -0.25) is 4.79 Å². The van der Waals surface area contributed by atoms with Crippen molar-refractivity contribution in [3.05, 3.63) is 23.8 Å². The fourth-order valence-electron chi connectivity index (χ4n) is 1.39. The van der Waals surface area contributed by atoms with Crippen LogP contribution in [0.15, 0.2) is 23.1 Å². The Morgan fingerprint density at radius 3 is 2.75 bits per heavy atom. The molecule has 0 heterocycles. The van der Waals surface area contributed by atoms with E-state index in [1.165, 1.54) is 18.2 Å². The number of carbonyl (C=O) groups excluding carboxylic acids is 1. The van der Waals surface area contributed by atoms with Gasteiger partial charge in [0.25, 0.3) is 15.0 Å². The summed E-state index contributed by atoms with van der Waals surface area (Å²) in [5.41, 5.74) is 0.552. The molecule has 8 heteroatoms. The number of amides is 1. The third kappa shape index (κ3) is 5.07. The average molecular weight is 317 g/mol. The third-order valence-electron chi connectivity index (χ3n) is 2.35. The van der Waals surface area contributed by atoms with E-state index in [-0.39, 0.29) is 30.4 Å². The van der Waals surface area contributed by atoms with E-state index in [0.29, 0.717) is 11.3 Å². The molecule has 0 atom stereocenters. The van der Waals surface area contributed by atoms with Crippen LogP contribution in [0.1, 0.15) is 12.0 Å². The number of rotatable bonds is 6. The van der Waals surface area contributed by atoms with Crippen LogP contribution in [-0.4, -0.2) is 27.5 Å². The number of nitriles is 1. The van der Waals surface area contributed by atoms with Gasteiger partial charge in [-0.2, -0.15) is 5.26 Å². The Bertz CT molecular complexity index is 637. The molecule has 0 aromatic heterocycles. The van der Waals surface area contributed by atoms with Gasteiger partial charge in [0.1, 0.15) is 5.75 Å². The molecule has 0 saturated carbocycles. The Labute approximate surface area is 121 Å². The zero-order chi connectivity index (χ0) is 15.2. The summed E-state index contributed by atoms with van der Waals surface area (Å²) in [7, 11) is 1.44. The van der Waals surface area contributed by atoms with Crippen LogP contribution in [0.3, 0.4) is 0 Å². The van der Waals surface area contributed by atoms with Gasteiger partial charge in [0.15, 0.2) is 6.61 Å². The molecule has 6 nitrogen and oxygen atoms in total. The van der Waals surface area contributed by atoms with Crippen molar-refractivity contribution in [1.82, 2.24) is 5.32 Å². The van der Waals surface area contributed by atoms with Gasteiger partial charge in [0.2, 0.25) is 0 Å². The lowest BCUT2D eigenvalue weighted by molar-refractivity contribution is -0.123. The molecular weight excluding hydrogens is 304 g/mol. The SMILES string of the molecule is Cc1cc(S(=O)(=O)Cl)ccc1OCC(=O)NCCC#N. The van der Waals surface area contributed by atoms with Crippen LogP contribution in [0.5, 0.6) is 5.75 Å². The first-order valence-corrected chi connectivity index (χ1v) is 7.97. The summed E-state index contributed by atoms with van der Waals surface area (Å²) < 4.78 is 27.6. The Balaban J connectivity index is 2.62. The van der Waals surface area contributed by atoms with E-state index in [2.05, 4.69) is 5.32 Å². The van der Waals surface area contributed by atoms with Crippen LogP contribution >= 0.6 is 10.7 Å². The highest BCUT2D eigenvalue weighted by atomic mass is 35.7. The molecule has 0 aliphatic rings. The zero-order valence-electron chi connectivity index (χ0n) is 10.7. The first-order chi connectivity index (χ1) is 9.34. The highest BCUT2D eigenvalue weighted by Gasteiger charge is 2.12. The minimum absolute atomic E-state index is 0.0255. The minimum Gasteiger partial charge on any atom is -0.484 e. The van der Waals surface area contributed by atoms with E-state index in [0.717, 1.165) is 0 Å². The van der Waals surface area contributed by atoms with Gasteiger partial charge in [-0.05, 0) is 30.7 Å². The summed E-state index contributed by atoms with van der Waals surface area (Å²) in [5.74, 6) is 0.0400. The Hall–Kier alpha value is -1.78. The molecule has 1 N–H and O–H groups in total. The number of benzene rings is 1. The second-order valence-electron chi connectivity index (χ2n) is 3.91. The maximum Gasteiger partial charge on any atom is 0.261 e. The van der Waals surface area contributed by atoms with Crippen LogP contribution in [0.25, 0.3) is 0 Å². The zero-order valence-corrected chi connectivity index (χ0v) is 12.3. The molecule has 0 unspecified atom stereocenters. The Kier molecular flexibility index (Phi) is 5.80. The van der Waals surface area contributed by atoms with Gasteiger partial charge in [-0.15, -0.1) is 0 Å². The van der Waals surface area contributed by atoms with E-state index in [9.17, 15) is 13.2 Å². The number of aryl methyl sites for hydroxylation is 1. The number of nitrogens with one attached hydrogen (secondary N) is 1. The molecule has 0 aliphatic carbocycles. The minimum atomic E-state index is -3.78. The smallest absolute Gasteiger partial charge is 0.261 e. The quantitative estimate of drug-likeness (QED) is 0.631. The molecule has 0 saturated heterocycles. The van der Waals surface area contributed by atoms with Gasteiger partial charge < -0.3 is 10.1 Å². The van der Waals surface area contributed by atoms with Crippen molar-refractivity contribution < 1.29 is 17.9 Å². The molecule has 1 amide bonds. The van der Waals surface area contributed by atoms with E-state index in [1.54, 1.807) is 6.92 Å². The van der Waals surface area contributed by atoms with E-state index >= 15 is 0 Å². The predicted octanol–water partition coefficient (Wildman–Crippen LogP) is 1.33. The van der Waals surface area contributed by atoms with Crippen molar-refractivity contribution in [2.24, 2.45) is 0 Å². The highest BCUT2D eigenvalue weighted by Crippen LogP contribution is 2.23. The third-order valence-corrected chi connectivity index (χ3v) is 3.70. The normalized spacial score (nSPS) is 10.7. The Morgan fingerprint density at radius 2 is 2.20 bits per heavy atom. The van der Waals surface area contributed by atoms with Crippen LogP contribution < -0.4 is 10.1 Å². The van der Waals surface area contributed by atoms with Crippen LogP contribution in [0.2, 0.25) is 0 Å². The monoisotopic (exact) mass is 316 g/mol. The molecule has 1 aromatic rings. The van der Waals surface area contributed by atoms with Crippen molar-refractivity contribution in [3.63, 3.8) is 0 Å². The predicted molar refractivity (Wildman–Crippen MR) is 73.0 cm³/mol. The second kappa shape index (κ2) is 7.12. The Morgan fingerprint density at radius 1 is 1.50 bits per heavy atom. The standard InChI is InChI=1S/C12H13ClN2O4S/c1-9-7-10(20(13,17)18)3-4-11(9)19-8-12(16)15-6-2-5-14/h3-4,7H,2,6,8H2,1H3,(H,15,16). The van der Waals surface area contributed by atoms with Crippen molar-refractivity contribution in [3.8, 4) is 11.8 Å². The number of hydrogen-bond donors (Lipinski definition) is 1. The highest BCUT2D eigenvalue weighted by molar-refractivity contribution is 8.13. The van der Waals surface area contributed by atoms with Crippen LogP contribution in [0, 0.1) is 18.3 Å². The van der Waals surface area contributed by atoms with Crippen molar-refractivity contribution in [2.45, 2.75) is 18.2 Å². The molecule has 0 aliphatic heterocycles. The molecule has 108 valence electrons. The average Bonchev–Trinajstić information content (AvgIpc) is 2.36. The van der Waals surface area contributed by atoms with E-state index in [4.69, 9.17) is 20.7 Å². The maximum absolute atomic E-state index is 11.4. The lowest BCUT2D eigenvalue weighted by atomic mass is 10.2. The number of halogens is 1. The summed E-state index contributed by atoms with van der Waals surface area (Å²) in [6.07, 6.45) is 0.229. The molecule has 0 radical (unpaired) electrons. The number of carbonyl (C=O) groups is 1. The fraction of sp³-hybridized carbons (Fsp3) is 0.333. The lowest BCUT2D eigenvalue weighted by Crippen LogP contribution is -2.29. The topological polar surface area (TPSA) is 96.3 Å². The van der Waals surface area contributed by atoms with Gasteiger partial charge >= 0.3 is 0 Å². The van der Waals surface area contributed by atoms with Crippen molar-refractivity contribution in [2.75, 3.05) is 13.2 Å². The number of hydrogen-bond acceptors (Lipinski definition) is 5. The second-order valence-corrected chi connectivity index (χ2v) is 6.48. The van der Waals surface area contributed by atoms with Crippen molar-refractivity contribution in [1.29, 1.82) is 5.26 Å². The lowest BCUT2D eigenvalue weighted by Gasteiger charge is -2.09. The molecule has 1 aromatic carbocycles. The number of ether oxygens (including phenoxy) is 1. The molecule has 0 fully saturated rings. The van der Waals surface area contributed by atoms with Gasteiger partial charge in [-0.25, -0.2) is 8.42 Å². The van der Waals surface area contributed by atoms with E-state index in [1.807, 2.05) is 6.07 Å². The summed E-state index contributed by atoms with van der Waals surface area (Å²) in [4.78, 5) is 11.3. The molecular formula is C12H13ClN2O4S.